The Morgan fingerprint density at radius 3 is 2.80 bits per heavy atom. The van der Waals surface area contributed by atoms with E-state index in [0.717, 1.165) is 4.47 Å². The van der Waals surface area contributed by atoms with Crippen molar-refractivity contribution in [2.75, 3.05) is 13.2 Å². The van der Waals surface area contributed by atoms with Crippen molar-refractivity contribution in [3.8, 4) is 5.75 Å². The number of benzene rings is 1. The predicted molar refractivity (Wildman–Crippen MR) is 60.4 cm³/mol. The van der Waals surface area contributed by atoms with Crippen LogP contribution < -0.4 is 10.5 Å². The lowest BCUT2D eigenvalue weighted by Gasteiger charge is -2.27. The molecule has 0 spiro atoms. The van der Waals surface area contributed by atoms with E-state index in [1.807, 2.05) is 12.1 Å². The van der Waals surface area contributed by atoms with Gasteiger partial charge in [-0.15, -0.1) is 0 Å². The van der Waals surface area contributed by atoms with E-state index in [9.17, 15) is 0 Å². The summed E-state index contributed by atoms with van der Waals surface area (Å²) in [5, 5.41) is 7.42. The van der Waals surface area contributed by atoms with E-state index < -0.39 is 0 Å². The van der Waals surface area contributed by atoms with Gasteiger partial charge in [0.15, 0.2) is 0 Å². The summed E-state index contributed by atoms with van der Waals surface area (Å²) in [5.74, 6) is 0.642. The van der Waals surface area contributed by atoms with E-state index >= 15 is 0 Å². The molecule has 15 heavy (non-hydrogen) atoms. The zero-order valence-electron chi connectivity index (χ0n) is 8.00. The summed E-state index contributed by atoms with van der Waals surface area (Å²) in [4.78, 5) is 0. The molecule has 0 atom stereocenters. The van der Waals surface area contributed by atoms with Crippen molar-refractivity contribution >= 4 is 21.8 Å². The van der Waals surface area contributed by atoms with Crippen LogP contribution in [0.15, 0.2) is 22.7 Å². The molecule has 0 aromatic heterocycles. The molecule has 1 aliphatic rings. The van der Waals surface area contributed by atoms with Crippen LogP contribution in [0, 0.1) is 5.41 Å². The van der Waals surface area contributed by atoms with Crippen LogP contribution in [0.25, 0.3) is 0 Å². The highest BCUT2D eigenvalue weighted by molar-refractivity contribution is 9.10. The summed E-state index contributed by atoms with van der Waals surface area (Å²) < 4.78 is 11.6. The van der Waals surface area contributed by atoms with Crippen LogP contribution in [0.1, 0.15) is 5.56 Å². The lowest BCUT2D eigenvalue weighted by Crippen LogP contribution is -2.39. The largest absolute Gasteiger partial charge is 0.485 e. The van der Waals surface area contributed by atoms with Crippen LogP contribution in [-0.4, -0.2) is 25.2 Å². The first-order chi connectivity index (χ1) is 7.16. The van der Waals surface area contributed by atoms with Gasteiger partial charge in [-0.3, -0.25) is 5.41 Å². The molecule has 0 aliphatic carbocycles. The second-order valence-corrected chi connectivity index (χ2v) is 4.25. The molecule has 2 rings (SSSR count). The third kappa shape index (κ3) is 2.30. The molecule has 80 valence electrons. The highest BCUT2D eigenvalue weighted by Gasteiger charge is 2.21. The fourth-order valence-electron chi connectivity index (χ4n) is 1.28. The van der Waals surface area contributed by atoms with Crippen LogP contribution in [-0.2, 0) is 4.74 Å². The van der Waals surface area contributed by atoms with Crippen LogP contribution in [0.2, 0.25) is 0 Å². The van der Waals surface area contributed by atoms with E-state index in [2.05, 4.69) is 15.9 Å². The summed E-state index contributed by atoms with van der Waals surface area (Å²) in [7, 11) is 0. The fraction of sp³-hybridized carbons (Fsp3) is 0.300. The molecule has 0 saturated carbocycles. The van der Waals surface area contributed by atoms with Gasteiger partial charge in [-0.2, -0.15) is 0 Å². The maximum atomic E-state index is 7.42. The van der Waals surface area contributed by atoms with Crippen molar-refractivity contribution < 1.29 is 9.47 Å². The molecule has 5 heteroatoms. The smallest absolute Gasteiger partial charge is 0.145 e. The van der Waals surface area contributed by atoms with Crippen LogP contribution in [0.5, 0.6) is 5.75 Å². The molecule has 0 unspecified atom stereocenters. The Bertz CT molecular complexity index is 391. The number of amidine groups is 1. The second-order valence-electron chi connectivity index (χ2n) is 3.33. The van der Waals surface area contributed by atoms with Crippen molar-refractivity contribution in [3.63, 3.8) is 0 Å². The SMILES string of the molecule is N=C(N)c1ccc(Br)cc1OC1COC1. The van der Waals surface area contributed by atoms with Gasteiger partial charge >= 0.3 is 0 Å². The molecule has 1 aromatic carbocycles. The zero-order valence-corrected chi connectivity index (χ0v) is 9.58. The lowest BCUT2D eigenvalue weighted by molar-refractivity contribution is -0.0797. The fourth-order valence-corrected chi connectivity index (χ4v) is 1.62. The van der Waals surface area contributed by atoms with E-state index in [1.54, 1.807) is 6.07 Å². The van der Waals surface area contributed by atoms with Gasteiger partial charge in [0.2, 0.25) is 0 Å². The maximum Gasteiger partial charge on any atom is 0.145 e. The van der Waals surface area contributed by atoms with Gasteiger partial charge in [-0.05, 0) is 18.2 Å². The van der Waals surface area contributed by atoms with E-state index in [-0.39, 0.29) is 11.9 Å². The monoisotopic (exact) mass is 270 g/mol. The molecule has 0 bridgehead atoms. The highest BCUT2D eigenvalue weighted by atomic mass is 79.9. The number of nitrogen functional groups attached to an aromatic ring is 1. The summed E-state index contributed by atoms with van der Waals surface area (Å²) in [5.41, 5.74) is 6.07. The number of rotatable bonds is 3. The Labute approximate surface area is 96.0 Å². The molecule has 1 aliphatic heterocycles. The molecule has 3 N–H and O–H groups in total. The van der Waals surface area contributed by atoms with E-state index in [4.69, 9.17) is 20.6 Å². The molecule has 0 radical (unpaired) electrons. The average molecular weight is 271 g/mol. The highest BCUT2D eigenvalue weighted by Crippen LogP contribution is 2.25. The van der Waals surface area contributed by atoms with Crippen molar-refractivity contribution in [3.05, 3.63) is 28.2 Å². The third-order valence-corrected chi connectivity index (χ3v) is 2.63. The molecule has 4 nitrogen and oxygen atoms in total. The minimum Gasteiger partial charge on any atom is -0.485 e. The number of nitrogens with two attached hydrogens (primary N) is 1. The van der Waals surface area contributed by atoms with E-state index in [1.165, 1.54) is 0 Å². The summed E-state index contributed by atoms with van der Waals surface area (Å²) >= 11 is 3.35. The second kappa shape index (κ2) is 4.20. The molecule has 0 amide bonds. The van der Waals surface area contributed by atoms with Crippen LogP contribution in [0.4, 0.5) is 0 Å². The molecule has 1 fully saturated rings. The molecular weight excluding hydrogens is 260 g/mol. The van der Waals surface area contributed by atoms with Crippen molar-refractivity contribution in [2.24, 2.45) is 5.73 Å². The minimum atomic E-state index is 0.0118. The standard InChI is InChI=1S/C10H11BrN2O2/c11-6-1-2-8(10(12)13)9(3-6)15-7-4-14-5-7/h1-3,7H,4-5H2,(H3,12,13). The molecule has 1 aromatic rings. The summed E-state index contributed by atoms with van der Waals surface area (Å²) in [6.07, 6.45) is 0.0809. The lowest BCUT2D eigenvalue weighted by atomic mass is 10.2. The Balaban J connectivity index is 2.24. The van der Waals surface area contributed by atoms with Gasteiger partial charge in [0.25, 0.3) is 0 Å². The van der Waals surface area contributed by atoms with Crippen LogP contribution in [0.3, 0.4) is 0 Å². The predicted octanol–water partition coefficient (Wildman–Crippen LogP) is 1.51. The van der Waals surface area contributed by atoms with Gasteiger partial charge in [0.05, 0.1) is 18.8 Å². The maximum absolute atomic E-state index is 7.42. The zero-order chi connectivity index (χ0) is 10.8. The normalized spacial score (nSPS) is 15.8. The van der Waals surface area contributed by atoms with Gasteiger partial charge in [-0.25, -0.2) is 0 Å². The molecular formula is C10H11BrN2O2. The van der Waals surface area contributed by atoms with Gasteiger partial charge in [-0.1, -0.05) is 15.9 Å². The van der Waals surface area contributed by atoms with Crippen molar-refractivity contribution in [2.45, 2.75) is 6.10 Å². The number of nitrogens with one attached hydrogen (secondary N) is 1. The van der Waals surface area contributed by atoms with E-state index in [0.29, 0.717) is 24.5 Å². The summed E-state index contributed by atoms with van der Waals surface area (Å²) in [6.45, 7) is 1.20. The molecule has 1 heterocycles. The van der Waals surface area contributed by atoms with Crippen molar-refractivity contribution in [1.29, 1.82) is 5.41 Å². The Kier molecular flexibility index (Phi) is 2.93. The Hall–Kier alpha value is -1.07. The third-order valence-electron chi connectivity index (χ3n) is 2.13. The number of hydrogen-bond donors (Lipinski definition) is 2. The first-order valence-electron chi connectivity index (χ1n) is 4.55. The van der Waals surface area contributed by atoms with Gasteiger partial charge < -0.3 is 15.2 Å². The number of hydrogen-bond acceptors (Lipinski definition) is 3. The number of ether oxygens (including phenoxy) is 2. The quantitative estimate of drug-likeness (QED) is 0.646. The average Bonchev–Trinajstić information content (AvgIpc) is 2.11. The number of halogens is 1. The Morgan fingerprint density at radius 1 is 1.53 bits per heavy atom. The van der Waals surface area contributed by atoms with Gasteiger partial charge in [0, 0.05) is 4.47 Å². The topological polar surface area (TPSA) is 68.3 Å². The first-order valence-corrected chi connectivity index (χ1v) is 5.34. The van der Waals surface area contributed by atoms with Gasteiger partial charge in [0.1, 0.15) is 17.7 Å². The molecule has 1 saturated heterocycles. The van der Waals surface area contributed by atoms with Crippen molar-refractivity contribution in [1.82, 2.24) is 0 Å². The minimum absolute atomic E-state index is 0.0118. The summed E-state index contributed by atoms with van der Waals surface area (Å²) in [6, 6.07) is 5.41. The van der Waals surface area contributed by atoms with Crippen LogP contribution >= 0.6 is 15.9 Å². The first kappa shape index (κ1) is 10.4. The Morgan fingerprint density at radius 2 is 2.27 bits per heavy atom.